The first-order valence-electron chi connectivity index (χ1n) is 7.98. The minimum atomic E-state index is -1.22. The van der Waals surface area contributed by atoms with E-state index in [0.29, 0.717) is 11.4 Å². The quantitative estimate of drug-likeness (QED) is 0.396. The molecule has 0 saturated carbocycles. The van der Waals surface area contributed by atoms with Gasteiger partial charge in [-0.3, -0.25) is 14.4 Å². The van der Waals surface area contributed by atoms with Crippen molar-refractivity contribution in [2.75, 3.05) is 16.4 Å². The summed E-state index contributed by atoms with van der Waals surface area (Å²) in [6.45, 7) is 0. The zero-order valence-electron chi connectivity index (χ0n) is 14.5. The Bertz CT molecular complexity index is 943. The SMILES string of the molecule is NC(=O)c1ccccc1NC(=O)CSc1cccc(NC(=O)/C=C/C(=O)O)c1. The molecule has 5 N–H and O–H groups in total. The molecule has 0 aliphatic rings. The van der Waals surface area contributed by atoms with Crippen molar-refractivity contribution in [2.24, 2.45) is 5.73 Å². The number of para-hydroxylation sites is 1. The molecule has 0 aliphatic carbocycles. The average Bonchev–Trinajstić information content (AvgIpc) is 2.65. The smallest absolute Gasteiger partial charge is 0.328 e. The lowest BCUT2D eigenvalue weighted by Gasteiger charge is -2.09. The molecule has 8 nitrogen and oxygen atoms in total. The van der Waals surface area contributed by atoms with E-state index < -0.39 is 17.8 Å². The molecule has 2 aromatic carbocycles. The number of anilines is 2. The van der Waals surface area contributed by atoms with Crippen LogP contribution < -0.4 is 16.4 Å². The number of amides is 3. The summed E-state index contributed by atoms with van der Waals surface area (Å²) in [5.41, 5.74) is 6.31. The first-order valence-corrected chi connectivity index (χ1v) is 8.97. The van der Waals surface area contributed by atoms with Gasteiger partial charge in [0.25, 0.3) is 5.91 Å². The van der Waals surface area contributed by atoms with E-state index in [1.807, 2.05) is 0 Å². The molecule has 0 unspecified atom stereocenters. The summed E-state index contributed by atoms with van der Waals surface area (Å²) < 4.78 is 0. The number of aliphatic carboxylic acids is 1. The molecule has 0 aliphatic heterocycles. The van der Waals surface area contributed by atoms with Crippen LogP contribution in [-0.2, 0) is 14.4 Å². The van der Waals surface area contributed by atoms with Crippen LogP contribution in [0, 0.1) is 0 Å². The van der Waals surface area contributed by atoms with E-state index in [4.69, 9.17) is 10.8 Å². The summed E-state index contributed by atoms with van der Waals surface area (Å²) in [6.07, 6.45) is 1.65. The predicted octanol–water partition coefficient (Wildman–Crippen LogP) is 2.10. The highest BCUT2D eigenvalue weighted by molar-refractivity contribution is 8.00. The Balaban J connectivity index is 1.94. The standard InChI is InChI=1S/C19H17N3O5S/c20-19(27)14-6-1-2-7-15(14)22-17(24)11-28-13-5-3-4-12(10-13)21-16(23)8-9-18(25)26/h1-10H,11H2,(H2,20,27)(H,21,23)(H,22,24)(H,25,26)/b9-8+. The summed E-state index contributed by atoms with van der Waals surface area (Å²) >= 11 is 1.23. The lowest BCUT2D eigenvalue weighted by molar-refractivity contribution is -0.131. The van der Waals surface area contributed by atoms with E-state index in [0.717, 1.165) is 17.0 Å². The van der Waals surface area contributed by atoms with Crippen LogP contribution >= 0.6 is 11.8 Å². The molecule has 9 heteroatoms. The van der Waals surface area contributed by atoms with Crippen molar-refractivity contribution in [3.05, 3.63) is 66.2 Å². The van der Waals surface area contributed by atoms with Gasteiger partial charge in [-0.2, -0.15) is 0 Å². The van der Waals surface area contributed by atoms with Gasteiger partial charge in [0.15, 0.2) is 0 Å². The van der Waals surface area contributed by atoms with E-state index in [2.05, 4.69) is 10.6 Å². The third-order valence-corrected chi connectivity index (χ3v) is 4.31. The number of carbonyl (C=O) groups is 4. The van der Waals surface area contributed by atoms with Gasteiger partial charge in [-0.25, -0.2) is 4.79 Å². The van der Waals surface area contributed by atoms with E-state index in [1.54, 1.807) is 42.5 Å². The number of carboxylic acids is 1. The predicted molar refractivity (Wildman–Crippen MR) is 106 cm³/mol. The minimum absolute atomic E-state index is 0.0728. The van der Waals surface area contributed by atoms with Crippen molar-refractivity contribution >= 4 is 46.8 Å². The number of hydrogen-bond acceptors (Lipinski definition) is 5. The fourth-order valence-electron chi connectivity index (χ4n) is 2.14. The molecule has 3 amide bonds. The maximum absolute atomic E-state index is 12.2. The molecular weight excluding hydrogens is 382 g/mol. The number of thioether (sulfide) groups is 1. The minimum Gasteiger partial charge on any atom is -0.478 e. The first kappa shape index (κ1) is 20.7. The Morgan fingerprint density at radius 1 is 1.00 bits per heavy atom. The summed E-state index contributed by atoms with van der Waals surface area (Å²) in [5, 5.41) is 13.7. The maximum Gasteiger partial charge on any atom is 0.328 e. The fourth-order valence-corrected chi connectivity index (χ4v) is 2.89. The molecule has 0 atom stereocenters. The molecule has 0 spiro atoms. The van der Waals surface area contributed by atoms with E-state index in [-0.39, 0.29) is 17.2 Å². The highest BCUT2D eigenvalue weighted by Gasteiger charge is 2.11. The van der Waals surface area contributed by atoms with Crippen molar-refractivity contribution in [3.8, 4) is 0 Å². The summed E-state index contributed by atoms with van der Waals surface area (Å²) in [7, 11) is 0. The number of rotatable bonds is 8. The van der Waals surface area contributed by atoms with Crippen molar-refractivity contribution in [1.82, 2.24) is 0 Å². The Morgan fingerprint density at radius 3 is 2.46 bits per heavy atom. The summed E-state index contributed by atoms with van der Waals surface area (Å²) in [4.78, 5) is 46.3. The molecule has 0 aromatic heterocycles. The number of primary amides is 1. The summed E-state index contributed by atoms with van der Waals surface area (Å²) in [5.74, 6) is -2.68. The monoisotopic (exact) mass is 399 g/mol. The molecule has 144 valence electrons. The molecule has 28 heavy (non-hydrogen) atoms. The highest BCUT2D eigenvalue weighted by Crippen LogP contribution is 2.22. The van der Waals surface area contributed by atoms with Gasteiger partial charge in [-0.1, -0.05) is 18.2 Å². The van der Waals surface area contributed by atoms with Crippen LogP contribution in [0.2, 0.25) is 0 Å². The fraction of sp³-hybridized carbons (Fsp3) is 0.0526. The molecule has 0 heterocycles. The van der Waals surface area contributed by atoms with Gasteiger partial charge in [0.2, 0.25) is 11.8 Å². The third-order valence-electron chi connectivity index (χ3n) is 3.32. The highest BCUT2D eigenvalue weighted by atomic mass is 32.2. The maximum atomic E-state index is 12.2. The molecule has 2 aromatic rings. The first-order chi connectivity index (χ1) is 13.3. The lowest BCUT2D eigenvalue weighted by Crippen LogP contribution is -2.19. The van der Waals surface area contributed by atoms with E-state index >= 15 is 0 Å². The molecular formula is C19H17N3O5S. The van der Waals surface area contributed by atoms with Crippen molar-refractivity contribution in [2.45, 2.75) is 4.90 Å². The van der Waals surface area contributed by atoms with Gasteiger partial charge in [0, 0.05) is 22.7 Å². The Hall–Kier alpha value is -3.59. The van der Waals surface area contributed by atoms with Gasteiger partial charge >= 0.3 is 5.97 Å². The van der Waals surface area contributed by atoms with Crippen LogP contribution in [0.25, 0.3) is 0 Å². The van der Waals surface area contributed by atoms with Gasteiger partial charge < -0.3 is 21.5 Å². The number of nitrogens with two attached hydrogens (primary N) is 1. The van der Waals surface area contributed by atoms with Crippen molar-refractivity contribution < 1.29 is 24.3 Å². The van der Waals surface area contributed by atoms with Crippen molar-refractivity contribution in [3.63, 3.8) is 0 Å². The van der Waals surface area contributed by atoms with E-state index in [1.165, 1.54) is 17.8 Å². The van der Waals surface area contributed by atoms with Crippen LogP contribution in [0.15, 0.2) is 65.6 Å². The molecule has 0 bridgehead atoms. The van der Waals surface area contributed by atoms with Crippen LogP contribution in [0.5, 0.6) is 0 Å². The zero-order chi connectivity index (χ0) is 20.5. The number of benzene rings is 2. The number of carbonyl (C=O) groups excluding carboxylic acids is 3. The van der Waals surface area contributed by atoms with Crippen LogP contribution in [0.1, 0.15) is 10.4 Å². The van der Waals surface area contributed by atoms with E-state index in [9.17, 15) is 19.2 Å². The second kappa shape index (κ2) is 9.93. The Labute approximate surface area is 164 Å². The zero-order valence-corrected chi connectivity index (χ0v) is 15.4. The molecule has 0 radical (unpaired) electrons. The average molecular weight is 399 g/mol. The normalized spacial score (nSPS) is 10.4. The van der Waals surface area contributed by atoms with Crippen LogP contribution in [-0.4, -0.2) is 34.6 Å². The number of hydrogen-bond donors (Lipinski definition) is 4. The lowest BCUT2D eigenvalue weighted by atomic mass is 10.1. The van der Waals surface area contributed by atoms with Crippen LogP contribution in [0.4, 0.5) is 11.4 Å². The Morgan fingerprint density at radius 2 is 1.75 bits per heavy atom. The van der Waals surface area contributed by atoms with Crippen LogP contribution in [0.3, 0.4) is 0 Å². The molecule has 0 fully saturated rings. The molecule has 2 rings (SSSR count). The number of nitrogens with one attached hydrogen (secondary N) is 2. The second-order valence-electron chi connectivity index (χ2n) is 5.44. The number of carboxylic acid groups (broad SMARTS) is 1. The molecule has 0 saturated heterocycles. The third kappa shape index (κ3) is 6.61. The largest absolute Gasteiger partial charge is 0.478 e. The van der Waals surface area contributed by atoms with Gasteiger partial charge in [0.05, 0.1) is 17.0 Å². The summed E-state index contributed by atoms with van der Waals surface area (Å²) in [6, 6.07) is 13.2. The van der Waals surface area contributed by atoms with Gasteiger partial charge in [0.1, 0.15) is 0 Å². The van der Waals surface area contributed by atoms with Gasteiger partial charge in [-0.15, -0.1) is 11.8 Å². The van der Waals surface area contributed by atoms with Crippen molar-refractivity contribution in [1.29, 1.82) is 0 Å². The Kier molecular flexibility index (Phi) is 7.35. The van der Waals surface area contributed by atoms with Gasteiger partial charge in [-0.05, 0) is 30.3 Å². The topological polar surface area (TPSA) is 139 Å². The second-order valence-corrected chi connectivity index (χ2v) is 6.48.